The minimum atomic E-state index is -4.37. The Morgan fingerprint density at radius 2 is 1.62 bits per heavy atom. The molecular formula is C14H12N4O5S. The zero-order valence-corrected chi connectivity index (χ0v) is 12.9. The number of nitrogens with two attached hydrogens (primary N) is 1. The van der Waals surface area contributed by atoms with Crippen LogP contribution in [0.5, 0.6) is 0 Å². The number of guanidine groups is 1. The van der Waals surface area contributed by atoms with Gasteiger partial charge < -0.3 is 5.73 Å². The van der Waals surface area contributed by atoms with E-state index >= 15 is 0 Å². The second-order valence-corrected chi connectivity index (χ2v) is 6.36. The molecule has 0 aromatic heterocycles. The van der Waals surface area contributed by atoms with Gasteiger partial charge in [-0.25, -0.2) is 8.42 Å². The van der Waals surface area contributed by atoms with Gasteiger partial charge in [0.25, 0.3) is 21.6 Å². The number of non-ortho nitro benzene ring substituents is 1. The highest BCUT2D eigenvalue weighted by atomic mass is 32.2. The van der Waals surface area contributed by atoms with Gasteiger partial charge in [0.05, 0.1) is 9.82 Å². The minimum Gasteiger partial charge on any atom is -0.369 e. The molecular weight excluding hydrogens is 336 g/mol. The molecule has 1 amide bonds. The molecule has 0 radical (unpaired) electrons. The number of nitrogens with zero attached hydrogens (tertiary/aromatic N) is 2. The molecule has 3 N–H and O–H groups in total. The summed E-state index contributed by atoms with van der Waals surface area (Å²) in [4.78, 5) is 22.2. The van der Waals surface area contributed by atoms with Crippen LogP contribution in [-0.2, 0) is 10.0 Å². The molecule has 0 saturated carbocycles. The number of nitrogens with one attached hydrogen (secondary N) is 1. The molecule has 0 bridgehead atoms. The van der Waals surface area contributed by atoms with Gasteiger partial charge >= 0.3 is 0 Å². The molecule has 2 aromatic rings. The van der Waals surface area contributed by atoms with E-state index in [4.69, 9.17) is 11.1 Å². The summed E-state index contributed by atoms with van der Waals surface area (Å²) in [5, 5.41) is 18.1. The van der Waals surface area contributed by atoms with Crippen LogP contribution in [0.15, 0.2) is 59.5 Å². The molecule has 0 aliphatic heterocycles. The summed E-state index contributed by atoms with van der Waals surface area (Å²) in [6.45, 7) is 0. The SMILES string of the molecule is N=C(N)N(C(=O)c1ccc([N+](=O)[O-])cc1)S(=O)(=O)c1ccccc1. The average molecular weight is 348 g/mol. The molecule has 0 spiro atoms. The Bertz CT molecular complexity index is 895. The van der Waals surface area contributed by atoms with Crippen molar-refractivity contribution in [2.45, 2.75) is 4.90 Å². The molecule has 2 aromatic carbocycles. The van der Waals surface area contributed by atoms with Gasteiger partial charge in [0.1, 0.15) is 0 Å². The van der Waals surface area contributed by atoms with E-state index in [1.807, 2.05) is 0 Å². The molecule has 0 aliphatic rings. The zero-order valence-electron chi connectivity index (χ0n) is 12.1. The van der Waals surface area contributed by atoms with Crippen LogP contribution < -0.4 is 5.73 Å². The first kappa shape index (κ1) is 17.1. The van der Waals surface area contributed by atoms with Gasteiger partial charge in [-0.3, -0.25) is 20.3 Å². The number of rotatable bonds is 4. The van der Waals surface area contributed by atoms with Crippen LogP contribution in [0.2, 0.25) is 0 Å². The summed E-state index contributed by atoms with van der Waals surface area (Å²) in [6.07, 6.45) is 0. The normalized spacial score (nSPS) is 10.8. The number of carbonyl (C=O) groups is 1. The van der Waals surface area contributed by atoms with E-state index in [1.165, 1.54) is 24.3 Å². The second kappa shape index (κ2) is 6.46. The van der Waals surface area contributed by atoms with Crippen LogP contribution in [0.25, 0.3) is 0 Å². The molecule has 0 aliphatic carbocycles. The third kappa shape index (κ3) is 3.22. The third-order valence-electron chi connectivity index (χ3n) is 3.01. The van der Waals surface area contributed by atoms with E-state index in [0.29, 0.717) is 0 Å². The first-order chi connectivity index (χ1) is 11.2. The van der Waals surface area contributed by atoms with E-state index < -0.39 is 26.8 Å². The van der Waals surface area contributed by atoms with Crippen LogP contribution in [0.1, 0.15) is 10.4 Å². The fraction of sp³-hybridized carbons (Fsp3) is 0. The van der Waals surface area contributed by atoms with Crippen LogP contribution in [0.3, 0.4) is 0 Å². The maximum Gasteiger partial charge on any atom is 0.274 e. The number of benzene rings is 2. The molecule has 24 heavy (non-hydrogen) atoms. The number of carbonyl (C=O) groups excluding carboxylic acids is 1. The molecule has 10 heteroatoms. The van der Waals surface area contributed by atoms with Crippen molar-refractivity contribution in [3.8, 4) is 0 Å². The van der Waals surface area contributed by atoms with Crippen LogP contribution >= 0.6 is 0 Å². The summed E-state index contributed by atoms with van der Waals surface area (Å²) >= 11 is 0. The topological polar surface area (TPSA) is 147 Å². The van der Waals surface area contributed by atoms with Crippen LogP contribution in [0, 0.1) is 15.5 Å². The summed E-state index contributed by atoms with van der Waals surface area (Å²) in [5.74, 6) is -2.07. The third-order valence-corrected chi connectivity index (χ3v) is 4.72. The van der Waals surface area contributed by atoms with E-state index in [1.54, 1.807) is 6.07 Å². The fourth-order valence-corrected chi connectivity index (χ4v) is 3.18. The highest BCUT2D eigenvalue weighted by molar-refractivity contribution is 7.90. The lowest BCUT2D eigenvalue weighted by atomic mass is 10.2. The van der Waals surface area contributed by atoms with Crippen LogP contribution in [-0.4, -0.2) is 29.5 Å². The van der Waals surface area contributed by atoms with E-state index in [9.17, 15) is 23.3 Å². The second-order valence-electron chi connectivity index (χ2n) is 4.58. The van der Waals surface area contributed by atoms with Crippen molar-refractivity contribution in [2.24, 2.45) is 5.73 Å². The van der Waals surface area contributed by atoms with Gasteiger partial charge in [0, 0.05) is 17.7 Å². The van der Waals surface area contributed by atoms with E-state index in [2.05, 4.69) is 0 Å². The maximum atomic E-state index is 12.5. The number of nitro groups is 1. The molecule has 9 nitrogen and oxygen atoms in total. The standard InChI is InChI=1S/C14H12N4O5S/c15-14(16)17(24(22,23)12-4-2-1-3-5-12)13(19)10-6-8-11(9-7-10)18(20)21/h1-9H,(H3,15,16). The molecule has 0 unspecified atom stereocenters. The van der Waals surface area contributed by atoms with Gasteiger partial charge in [-0.1, -0.05) is 18.2 Å². The Labute approximate surface area is 137 Å². The number of nitro benzene ring substituents is 1. The quantitative estimate of drug-likeness (QED) is 0.368. The van der Waals surface area contributed by atoms with E-state index in [-0.39, 0.29) is 20.5 Å². The number of amides is 1. The monoisotopic (exact) mass is 348 g/mol. The largest absolute Gasteiger partial charge is 0.369 e. The van der Waals surface area contributed by atoms with Crippen molar-refractivity contribution in [3.05, 3.63) is 70.3 Å². The first-order valence-corrected chi connectivity index (χ1v) is 7.92. The van der Waals surface area contributed by atoms with Crippen LogP contribution in [0.4, 0.5) is 5.69 Å². The molecule has 124 valence electrons. The Kier molecular flexibility index (Phi) is 4.60. The Morgan fingerprint density at radius 1 is 1.08 bits per heavy atom. The molecule has 2 rings (SSSR count). The number of hydrogen-bond donors (Lipinski definition) is 2. The van der Waals surface area contributed by atoms with Crippen molar-refractivity contribution < 1.29 is 18.1 Å². The highest BCUT2D eigenvalue weighted by Crippen LogP contribution is 2.19. The summed E-state index contributed by atoms with van der Waals surface area (Å²) in [6, 6.07) is 11.3. The number of sulfonamides is 1. The lowest BCUT2D eigenvalue weighted by Gasteiger charge is -2.20. The molecule has 0 fully saturated rings. The van der Waals surface area contributed by atoms with Crippen molar-refractivity contribution in [2.75, 3.05) is 0 Å². The predicted molar refractivity (Wildman–Crippen MR) is 84.8 cm³/mol. The van der Waals surface area contributed by atoms with Gasteiger partial charge in [-0.05, 0) is 24.3 Å². The van der Waals surface area contributed by atoms with Crippen molar-refractivity contribution in [1.82, 2.24) is 4.31 Å². The highest BCUT2D eigenvalue weighted by Gasteiger charge is 2.32. The Morgan fingerprint density at radius 3 is 2.08 bits per heavy atom. The number of hydrogen-bond acceptors (Lipinski definition) is 6. The first-order valence-electron chi connectivity index (χ1n) is 6.48. The fourth-order valence-electron chi connectivity index (χ4n) is 1.89. The smallest absolute Gasteiger partial charge is 0.274 e. The summed E-state index contributed by atoms with van der Waals surface area (Å²) in [5.41, 5.74) is 4.86. The molecule has 0 atom stereocenters. The molecule has 0 saturated heterocycles. The minimum absolute atomic E-state index is 0.142. The average Bonchev–Trinajstić information content (AvgIpc) is 2.55. The summed E-state index contributed by atoms with van der Waals surface area (Å²) < 4.78 is 25.2. The van der Waals surface area contributed by atoms with Gasteiger partial charge in [0.15, 0.2) is 0 Å². The van der Waals surface area contributed by atoms with Crippen molar-refractivity contribution in [1.29, 1.82) is 5.41 Å². The maximum absolute atomic E-state index is 12.5. The zero-order chi connectivity index (χ0) is 17.9. The lowest BCUT2D eigenvalue weighted by molar-refractivity contribution is -0.384. The molecule has 0 heterocycles. The van der Waals surface area contributed by atoms with E-state index in [0.717, 1.165) is 24.3 Å². The summed E-state index contributed by atoms with van der Waals surface area (Å²) in [7, 11) is -4.37. The van der Waals surface area contributed by atoms with Crippen molar-refractivity contribution in [3.63, 3.8) is 0 Å². The Balaban J connectivity index is 2.46. The van der Waals surface area contributed by atoms with Gasteiger partial charge in [0.2, 0.25) is 5.96 Å². The van der Waals surface area contributed by atoms with Gasteiger partial charge in [-0.2, -0.15) is 4.31 Å². The van der Waals surface area contributed by atoms with Gasteiger partial charge in [-0.15, -0.1) is 0 Å². The predicted octanol–water partition coefficient (Wildman–Crippen LogP) is 1.32. The lowest BCUT2D eigenvalue weighted by Crippen LogP contribution is -2.45. The Hall–Kier alpha value is -3.27. The van der Waals surface area contributed by atoms with Crippen molar-refractivity contribution >= 4 is 27.6 Å².